The fourth-order valence-corrected chi connectivity index (χ4v) is 2.29. The van der Waals surface area contributed by atoms with Crippen molar-refractivity contribution >= 4 is 28.9 Å². The van der Waals surface area contributed by atoms with Gasteiger partial charge in [-0.3, -0.25) is 19.4 Å². The van der Waals surface area contributed by atoms with Crippen molar-refractivity contribution in [2.75, 3.05) is 5.32 Å². The number of carbonyl (C=O) groups excluding carboxylic acids is 2. The zero-order valence-electron chi connectivity index (χ0n) is 11.0. The van der Waals surface area contributed by atoms with Crippen LogP contribution in [-0.2, 0) is 16.0 Å². The van der Waals surface area contributed by atoms with Crippen LogP contribution < -0.4 is 14.9 Å². The molecule has 21 heavy (non-hydrogen) atoms. The minimum Gasteiger partial charge on any atom is -0.494 e. The van der Waals surface area contributed by atoms with Gasteiger partial charge in [0.1, 0.15) is 5.75 Å². The van der Waals surface area contributed by atoms with Crippen LogP contribution in [0, 0.1) is 0 Å². The summed E-state index contributed by atoms with van der Waals surface area (Å²) >= 11 is 0.753. The fourth-order valence-electron chi connectivity index (χ4n) is 1.58. The highest BCUT2D eigenvalue weighted by Gasteiger charge is 2.13. The van der Waals surface area contributed by atoms with E-state index in [4.69, 9.17) is 4.74 Å². The van der Waals surface area contributed by atoms with Gasteiger partial charge < -0.3 is 15.2 Å². The molecule has 110 valence electrons. The van der Waals surface area contributed by atoms with Gasteiger partial charge in [0, 0.05) is 12.6 Å². The Morgan fingerprint density at radius 2 is 2.00 bits per heavy atom. The third-order valence-electron chi connectivity index (χ3n) is 2.41. The van der Waals surface area contributed by atoms with Gasteiger partial charge in [-0.25, -0.2) is 0 Å². The monoisotopic (exact) mass is 308 g/mol. The summed E-state index contributed by atoms with van der Waals surface area (Å²) in [4.78, 5) is 35.5. The van der Waals surface area contributed by atoms with Crippen molar-refractivity contribution in [1.82, 2.24) is 4.98 Å². The summed E-state index contributed by atoms with van der Waals surface area (Å²) < 4.78 is 5.07. The molecule has 0 bridgehead atoms. The lowest BCUT2D eigenvalue weighted by atomic mass is 10.3. The first-order valence-corrected chi connectivity index (χ1v) is 6.75. The lowest BCUT2D eigenvalue weighted by molar-refractivity contribution is -0.133. The van der Waals surface area contributed by atoms with Crippen LogP contribution in [0.3, 0.4) is 0 Å². The van der Waals surface area contributed by atoms with Crippen LogP contribution in [0.5, 0.6) is 11.6 Å². The molecule has 1 heterocycles. The SMILES string of the molecule is CC(=O)Nc1ccc(OC(=O)Cc2sc(=O)[nH]c2O)cc1. The number of aromatic hydroxyl groups is 1. The van der Waals surface area contributed by atoms with Crippen LogP contribution in [-0.4, -0.2) is 22.0 Å². The summed E-state index contributed by atoms with van der Waals surface area (Å²) in [7, 11) is 0. The van der Waals surface area contributed by atoms with Gasteiger partial charge in [0.15, 0.2) is 0 Å². The smallest absolute Gasteiger partial charge is 0.316 e. The van der Waals surface area contributed by atoms with E-state index in [9.17, 15) is 19.5 Å². The second kappa shape index (κ2) is 6.23. The lowest BCUT2D eigenvalue weighted by Crippen LogP contribution is -2.11. The number of nitrogens with one attached hydrogen (secondary N) is 2. The molecule has 0 saturated carbocycles. The Kier molecular flexibility index (Phi) is 4.39. The van der Waals surface area contributed by atoms with Crippen LogP contribution in [0.4, 0.5) is 5.69 Å². The van der Waals surface area contributed by atoms with Gasteiger partial charge in [-0.2, -0.15) is 0 Å². The molecule has 2 rings (SSSR count). The molecule has 0 unspecified atom stereocenters. The Hall–Kier alpha value is -2.61. The van der Waals surface area contributed by atoms with Crippen LogP contribution in [0.15, 0.2) is 29.1 Å². The Labute approximate surface area is 123 Å². The molecule has 0 saturated heterocycles. The zero-order chi connectivity index (χ0) is 15.4. The third kappa shape index (κ3) is 4.18. The molecule has 1 aromatic carbocycles. The van der Waals surface area contributed by atoms with E-state index in [0.717, 1.165) is 11.3 Å². The average molecular weight is 308 g/mol. The van der Waals surface area contributed by atoms with E-state index in [0.29, 0.717) is 11.4 Å². The molecule has 0 atom stereocenters. The maximum absolute atomic E-state index is 11.7. The Morgan fingerprint density at radius 1 is 1.33 bits per heavy atom. The Morgan fingerprint density at radius 3 is 2.52 bits per heavy atom. The third-order valence-corrected chi connectivity index (χ3v) is 3.28. The molecule has 0 radical (unpaired) electrons. The number of aromatic amines is 1. The van der Waals surface area contributed by atoms with Crippen LogP contribution in [0.1, 0.15) is 11.8 Å². The minimum atomic E-state index is -0.604. The molecule has 0 aliphatic heterocycles. The highest BCUT2D eigenvalue weighted by molar-refractivity contribution is 7.09. The molecule has 2 aromatic rings. The predicted octanol–water partition coefficient (Wildman–Crippen LogP) is 1.25. The molecule has 0 spiro atoms. The largest absolute Gasteiger partial charge is 0.494 e. The van der Waals surface area contributed by atoms with Gasteiger partial charge in [0.25, 0.3) is 0 Å². The highest BCUT2D eigenvalue weighted by atomic mass is 32.1. The summed E-state index contributed by atoms with van der Waals surface area (Å²) in [6, 6.07) is 6.25. The van der Waals surface area contributed by atoms with Crippen LogP contribution in [0.2, 0.25) is 0 Å². The second-order valence-corrected chi connectivity index (χ2v) is 5.21. The van der Waals surface area contributed by atoms with E-state index < -0.39 is 10.8 Å². The number of hydrogen-bond acceptors (Lipinski definition) is 6. The number of aromatic nitrogens is 1. The number of hydrogen-bond donors (Lipinski definition) is 3. The number of thiazole rings is 1. The Bertz CT molecular complexity index is 717. The summed E-state index contributed by atoms with van der Waals surface area (Å²) in [5.74, 6) is -0.815. The van der Waals surface area contributed by atoms with E-state index in [1.807, 2.05) is 0 Å². The lowest BCUT2D eigenvalue weighted by Gasteiger charge is -2.05. The maximum Gasteiger partial charge on any atom is 0.316 e. The number of esters is 1. The topological polar surface area (TPSA) is 108 Å². The fraction of sp³-hybridized carbons (Fsp3) is 0.154. The van der Waals surface area contributed by atoms with Crippen molar-refractivity contribution in [3.05, 3.63) is 38.8 Å². The molecule has 0 aliphatic rings. The van der Waals surface area contributed by atoms with Crippen molar-refractivity contribution in [2.45, 2.75) is 13.3 Å². The molecule has 0 fully saturated rings. The number of H-pyrrole nitrogens is 1. The van der Waals surface area contributed by atoms with Crippen molar-refractivity contribution in [3.8, 4) is 11.6 Å². The van der Waals surface area contributed by atoms with Crippen molar-refractivity contribution in [3.63, 3.8) is 0 Å². The molecular formula is C13H12N2O5S. The number of amides is 1. The first-order chi connectivity index (χ1) is 9.94. The number of benzene rings is 1. The number of ether oxygens (including phenoxy) is 1. The van der Waals surface area contributed by atoms with Gasteiger partial charge in [-0.05, 0) is 24.3 Å². The van der Waals surface area contributed by atoms with E-state index in [1.54, 1.807) is 12.1 Å². The first kappa shape index (κ1) is 14.8. The van der Waals surface area contributed by atoms with E-state index in [1.165, 1.54) is 19.1 Å². The maximum atomic E-state index is 11.7. The molecule has 8 heteroatoms. The molecule has 1 amide bonds. The molecule has 0 aliphatic carbocycles. The number of carbonyl (C=O) groups is 2. The van der Waals surface area contributed by atoms with Gasteiger partial charge >= 0.3 is 10.8 Å². The van der Waals surface area contributed by atoms with Crippen LogP contribution >= 0.6 is 11.3 Å². The molecule has 1 aromatic heterocycles. The van der Waals surface area contributed by atoms with Crippen molar-refractivity contribution in [2.24, 2.45) is 0 Å². The van der Waals surface area contributed by atoms with Crippen molar-refractivity contribution < 1.29 is 19.4 Å². The van der Waals surface area contributed by atoms with Gasteiger partial charge in [0.2, 0.25) is 11.8 Å². The second-order valence-electron chi connectivity index (χ2n) is 4.14. The quantitative estimate of drug-likeness (QED) is 0.582. The van der Waals surface area contributed by atoms with Gasteiger partial charge in [0.05, 0.1) is 11.3 Å². The zero-order valence-corrected chi connectivity index (χ0v) is 11.8. The predicted molar refractivity (Wildman–Crippen MR) is 76.7 cm³/mol. The molecule has 7 nitrogen and oxygen atoms in total. The standard InChI is InChI=1S/C13H12N2O5S/c1-7(16)14-8-2-4-9(5-3-8)20-11(17)6-10-12(18)15-13(19)21-10/h2-5,18H,6H2,1H3,(H,14,16)(H,15,19). The van der Waals surface area contributed by atoms with E-state index in [-0.39, 0.29) is 23.1 Å². The normalized spacial score (nSPS) is 10.1. The van der Waals surface area contributed by atoms with Gasteiger partial charge in [-0.15, -0.1) is 0 Å². The first-order valence-electron chi connectivity index (χ1n) is 5.93. The summed E-state index contributed by atoms with van der Waals surface area (Å²) in [5.41, 5.74) is 0.587. The average Bonchev–Trinajstić information content (AvgIpc) is 2.69. The molecule has 3 N–H and O–H groups in total. The van der Waals surface area contributed by atoms with Gasteiger partial charge in [-0.1, -0.05) is 11.3 Å². The summed E-state index contributed by atoms with van der Waals surface area (Å²) in [5, 5.41) is 12.0. The minimum absolute atomic E-state index is 0.197. The van der Waals surface area contributed by atoms with E-state index >= 15 is 0 Å². The molecular weight excluding hydrogens is 296 g/mol. The van der Waals surface area contributed by atoms with E-state index in [2.05, 4.69) is 10.3 Å². The summed E-state index contributed by atoms with van der Waals surface area (Å²) in [6.45, 7) is 1.39. The highest BCUT2D eigenvalue weighted by Crippen LogP contribution is 2.19. The van der Waals surface area contributed by atoms with Crippen LogP contribution in [0.25, 0.3) is 0 Å². The number of rotatable bonds is 4. The van der Waals surface area contributed by atoms with Crippen molar-refractivity contribution in [1.29, 1.82) is 0 Å². The summed E-state index contributed by atoms with van der Waals surface area (Å²) in [6.07, 6.45) is -0.206. The number of anilines is 1. The Balaban J connectivity index is 1.98.